The van der Waals surface area contributed by atoms with Crippen molar-refractivity contribution >= 4 is 64.2 Å². The van der Waals surface area contributed by atoms with Crippen LogP contribution in [0.4, 0.5) is 15.9 Å². The molecule has 2 aromatic heterocycles. The van der Waals surface area contributed by atoms with Crippen LogP contribution in [0.15, 0.2) is 55.0 Å². The fourth-order valence-corrected chi connectivity index (χ4v) is 9.76. The monoisotopic (exact) mass is 915 g/mol. The quantitative estimate of drug-likeness (QED) is 0.0560. The minimum atomic E-state index is -1.01. The molecule has 0 spiro atoms. The summed E-state index contributed by atoms with van der Waals surface area (Å²) in [5, 5.41) is 10.4. The van der Waals surface area contributed by atoms with Gasteiger partial charge in [-0.15, -0.1) is 0 Å². The highest BCUT2D eigenvalue weighted by molar-refractivity contribution is 6.36. The van der Waals surface area contributed by atoms with Crippen molar-refractivity contribution in [2.24, 2.45) is 5.92 Å². The predicted molar refractivity (Wildman–Crippen MR) is 239 cm³/mol. The van der Waals surface area contributed by atoms with Gasteiger partial charge in [0.25, 0.3) is 11.8 Å². The molecule has 0 bridgehead atoms. The molecule has 64 heavy (non-hydrogen) atoms. The van der Waals surface area contributed by atoms with Gasteiger partial charge >= 0.3 is 0 Å². The second-order valence-electron chi connectivity index (χ2n) is 17.1. The van der Waals surface area contributed by atoms with E-state index in [1.54, 1.807) is 37.4 Å². The number of ether oxygens (including phenoxy) is 1. The number of hydrogen-bond acceptors (Lipinski definition) is 11. The zero-order valence-corrected chi connectivity index (χ0v) is 37.2. The Kier molecular flexibility index (Phi) is 13.8. The first kappa shape index (κ1) is 45.0. The number of unbranched alkanes of at least 4 members (excludes halogenated alkanes) is 4. The molecular weight excluding hydrogens is 864 g/mol. The second kappa shape index (κ2) is 19.7. The van der Waals surface area contributed by atoms with E-state index in [4.69, 9.17) is 33.7 Å². The van der Waals surface area contributed by atoms with E-state index in [-0.39, 0.29) is 52.7 Å². The summed E-state index contributed by atoms with van der Waals surface area (Å²) in [4.78, 5) is 73.1. The lowest BCUT2D eigenvalue weighted by Crippen LogP contribution is -2.54. The Morgan fingerprint density at radius 1 is 0.984 bits per heavy atom. The summed E-state index contributed by atoms with van der Waals surface area (Å²) < 4.78 is 22.3. The number of carbonyl (C=O) groups is 5. The van der Waals surface area contributed by atoms with Crippen molar-refractivity contribution in [2.75, 3.05) is 50.3 Å². The Morgan fingerprint density at radius 3 is 2.53 bits per heavy atom. The van der Waals surface area contributed by atoms with Gasteiger partial charge in [0.15, 0.2) is 11.6 Å². The highest BCUT2D eigenvalue weighted by Gasteiger charge is 2.46. The van der Waals surface area contributed by atoms with Crippen LogP contribution in [-0.2, 0) is 14.4 Å². The third-order valence-corrected chi connectivity index (χ3v) is 13.5. The van der Waals surface area contributed by atoms with Gasteiger partial charge < -0.3 is 25.6 Å². The molecule has 0 aliphatic carbocycles. The van der Waals surface area contributed by atoms with Crippen molar-refractivity contribution in [1.82, 2.24) is 34.8 Å². The number of piperidine rings is 2. The zero-order chi connectivity index (χ0) is 45.1. The summed E-state index contributed by atoms with van der Waals surface area (Å²) in [6.07, 6.45) is 12.8. The highest BCUT2D eigenvalue weighted by Crippen LogP contribution is 2.38. The summed E-state index contributed by atoms with van der Waals surface area (Å²) in [6.45, 7) is 6.59. The average molecular weight is 917 g/mol. The van der Waals surface area contributed by atoms with E-state index < -0.39 is 41.6 Å². The van der Waals surface area contributed by atoms with E-state index in [1.165, 1.54) is 12.1 Å². The Balaban J connectivity index is 0.693. The van der Waals surface area contributed by atoms with Crippen LogP contribution in [0, 0.1) is 11.7 Å². The molecule has 2 atom stereocenters. The number of nitrogens with two attached hydrogens (primary N) is 1. The maximum atomic E-state index is 14.2. The number of halogens is 3. The maximum absolute atomic E-state index is 14.2. The Labute approximate surface area is 380 Å². The maximum Gasteiger partial charge on any atom is 0.264 e. The molecule has 0 radical (unpaired) electrons. The number of hydrogen-bond donors (Lipinski definition) is 3. The molecule has 2 aromatic carbocycles. The van der Waals surface area contributed by atoms with Gasteiger partial charge in [0.2, 0.25) is 17.7 Å². The first-order chi connectivity index (χ1) is 30.9. The van der Waals surface area contributed by atoms with Crippen LogP contribution in [-0.4, -0.2) is 104 Å². The van der Waals surface area contributed by atoms with Gasteiger partial charge in [-0.2, -0.15) is 5.10 Å². The smallest absolute Gasteiger partial charge is 0.264 e. The third kappa shape index (κ3) is 9.73. The molecule has 8 rings (SSSR count). The van der Waals surface area contributed by atoms with E-state index in [2.05, 4.69) is 25.6 Å². The summed E-state index contributed by atoms with van der Waals surface area (Å²) >= 11 is 12.5. The molecule has 3 saturated heterocycles. The lowest BCUT2D eigenvalue weighted by atomic mass is 9.98. The lowest BCUT2D eigenvalue weighted by Gasteiger charge is -2.39. The van der Waals surface area contributed by atoms with E-state index in [9.17, 15) is 28.4 Å². The first-order valence-electron chi connectivity index (χ1n) is 22.0. The number of rotatable bonds is 17. The van der Waals surface area contributed by atoms with Crippen molar-refractivity contribution in [2.45, 2.75) is 89.3 Å². The molecule has 3 fully saturated rings. The molecule has 0 saturated carbocycles. The summed E-state index contributed by atoms with van der Waals surface area (Å²) in [6, 6.07) is 8.74. The zero-order valence-electron chi connectivity index (χ0n) is 35.7. The van der Waals surface area contributed by atoms with Crippen molar-refractivity contribution < 1.29 is 33.1 Å². The first-order valence-corrected chi connectivity index (χ1v) is 22.8. The average Bonchev–Trinajstić information content (AvgIpc) is 3.85. The number of pyridine rings is 1. The van der Waals surface area contributed by atoms with E-state index in [1.807, 2.05) is 22.0 Å². The molecule has 1 unspecified atom stereocenters. The van der Waals surface area contributed by atoms with Gasteiger partial charge in [0, 0.05) is 91.3 Å². The van der Waals surface area contributed by atoms with Crippen LogP contribution in [0.25, 0.3) is 11.1 Å². The van der Waals surface area contributed by atoms with Gasteiger partial charge in [0.1, 0.15) is 18.0 Å². The minimum absolute atomic E-state index is 0.0647. The standard InChI is InChI=1S/C46H52Cl2FN9O6/c1-27(40-33(47)11-12-34(49)42(40)48)64-37-20-29(22-52-43(37)50)30-23-53-57(26-30)31-15-18-55(19-16-31)17-6-4-2-3-5-10-39(60)56-24-28(25-56)21-51-35-9-7-8-32-41(35)46(63)58(45(32)62)36-13-14-38(59)54-44(36)61/h7-9,11-12,20,22-23,26-28,31,36,51H,2-6,10,13-19,21,24-25H2,1H3,(H2,50,52)(H,54,59,61)/t27-,36?/m0/s1. The van der Waals surface area contributed by atoms with Crippen LogP contribution in [0.1, 0.15) is 110 Å². The summed E-state index contributed by atoms with van der Waals surface area (Å²) in [7, 11) is 0. The minimum Gasteiger partial charge on any atom is -0.482 e. The number of fused-ring (bicyclic) bond motifs is 1. The van der Waals surface area contributed by atoms with Crippen molar-refractivity contribution in [3.63, 3.8) is 0 Å². The fraction of sp³-hybridized carbons (Fsp3) is 0.457. The summed E-state index contributed by atoms with van der Waals surface area (Å²) in [5.41, 5.74) is 9.15. The predicted octanol–water partition coefficient (Wildman–Crippen LogP) is 7.06. The van der Waals surface area contributed by atoms with E-state index in [0.29, 0.717) is 48.1 Å². The molecule has 5 amide bonds. The van der Waals surface area contributed by atoms with Gasteiger partial charge in [-0.3, -0.25) is 38.9 Å². The van der Waals surface area contributed by atoms with Crippen molar-refractivity contribution in [3.05, 3.63) is 87.5 Å². The number of aromatic nitrogens is 3. The van der Waals surface area contributed by atoms with Gasteiger partial charge in [0.05, 0.1) is 28.4 Å². The molecule has 4 aliphatic rings. The number of nitrogens with one attached hydrogen (secondary N) is 2. The Morgan fingerprint density at radius 2 is 1.75 bits per heavy atom. The SMILES string of the molecule is C[C@H](Oc1cc(-c2cnn(C3CCN(CCCCCCCC(=O)N4CC(CNc5cccc6c5C(=O)N(C5CCC(=O)NC5=O)C6=O)C4)CC3)c2)cnc1N)c1c(Cl)ccc(F)c1Cl. The number of nitrogen functional groups attached to an aromatic ring is 1. The normalized spacial score (nSPS) is 18.8. The molecule has 4 aromatic rings. The lowest BCUT2D eigenvalue weighted by molar-refractivity contribution is -0.137. The molecule has 15 nitrogen and oxygen atoms in total. The number of anilines is 2. The number of benzene rings is 2. The molecule has 4 aliphatic heterocycles. The third-order valence-electron chi connectivity index (χ3n) is 12.8. The van der Waals surface area contributed by atoms with E-state index in [0.717, 1.165) is 80.6 Å². The molecular formula is C46H52Cl2FN9O6. The highest BCUT2D eigenvalue weighted by atomic mass is 35.5. The van der Waals surface area contributed by atoms with Crippen molar-refractivity contribution in [1.29, 1.82) is 0 Å². The topological polar surface area (TPSA) is 185 Å². The number of imide groups is 2. The molecule has 338 valence electrons. The number of likely N-dealkylation sites (tertiary alicyclic amines) is 2. The van der Waals surface area contributed by atoms with Crippen LogP contribution >= 0.6 is 23.2 Å². The number of carbonyl (C=O) groups excluding carboxylic acids is 5. The van der Waals surface area contributed by atoms with Crippen LogP contribution in [0.5, 0.6) is 5.75 Å². The molecule has 6 heterocycles. The second-order valence-corrected chi connectivity index (χ2v) is 17.9. The van der Waals surface area contributed by atoms with E-state index >= 15 is 0 Å². The van der Waals surface area contributed by atoms with Crippen LogP contribution < -0.4 is 21.1 Å². The van der Waals surface area contributed by atoms with Crippen molar-refractivity contribution in [3.8, 4) is 16.9 Å². The van der Waals surface area contributed by atoms with Gasteiger partial charge in [-0.1, -0.05) is 48.5 Å². The Hall–Kier alpha value is -5.58. The van der Waals surface area contributed by atoms with Crippen LogP contribution in [0.3, 0.4) is 0 Å². The van der Waals surface area contributed by atoms with Crippen LogP contribution in [0.2, 0.25) is 10.0 Å². The van der Waals surface area contributed by atoms with Gasteiger partial charge in [-0.25, -0.2) is 9.37 Å². The summed E-state index contributed by atoms with van der Waals surface area (Å²) in [5.74, 6) is -1.81. The number of amides is 5. The Bertz CT molecular complexity index is 2440. The van der Waals surface area contributed by atoms with Gasteiger partial charge in [-0.05, 0) is 75.9 Å². The molecule has 4 N–H and O–H groups in total. The largest absolute Gasteiger partial charge is 0.482 e. The number of nitrogens with zero attached hydrogens (tertiary/aromatic N) is 6. The molecule has 18 heteroatoms. The fourth-order valence-electron chi connectivity index (χ4n) is 9.09.